The van der Waals surface area contributed by atoms with E-state index < -0.39 is 17.6 Å². The summed E-state index contributed by atoms with van der Waals surface area (Å²) in [5, 5.41) is 4.72. The van der Waals surface area contributed by atoms with Gasteiger partial charge in [-0.2, -0.15) is 0 Å². The summed E-state index contributed by atoms with van der Waals surface area (Å²) >= 11 is 0. The van der Waals surface area contributed by atoms with Gasteiger partial charge in [-0.15, -0.1) is 0 Å². The van der Waals surface area contributed by atoms with Gasteiger partial charge in [0.1, 0.15) is 5.82 Å². The molecule has 1 saturated carbocycles. The van der Waals surface area contributed by atoms with E-state index in [0.29, 0.717) is 6.61 Å². The third-order valence-electron chi connectivity index (χ3n) is 3.87. The minimum absolute atomic E-state index is 0.0117. The van der Waals surface area contributed by atoms with Crippen LogP contribution in [0.4, 0.5) is 10.1 Å². The smallest absolute Gasteiger partial charge is 0.313 e. The number of carbonyl (C=O) groups is 2. The Kier molecular flexibility index (Phi) is 7.00. The second-order valence-electron chi connectivity index (χ2n) is 5.67. The normalized spacial score (nSPS) is 15.7. The SMILES string of the molecule is O=C(NCCOC1CCCCCC1)C(=O)Nc1ccccc1F. The first-order valence-corrected chi connectivity index (χ1v) is 8.12. The Bertz CT molecular complexity index is 528. The average Bonchev–Trinajstić information content (AvgIpc) is 2.82. The number of carbonyl (C=O) groups excluding carboxylic acids is 2. The summed E-state index contributed by atoms with van der Waals surface area (Å²) in [5.74, 6) is -2.26. The minimum Gasteiger partial charge on any atom is -0.376 e. The zero-order valence-corrected chi connectivity index (χ0v) is 13.1. The monoisotopic (exact) mass is 322 g/mol. The van der Waals surface area contributed by atoms with Crippen LogP contribution in [0.1, 0.15) is 38.5 Å². The lowest BCUT2D eigenvalue weighted by Gasteiger charge is -2.15. The molecule has 1 aliphatic carbocycles. The molecule has 0 atom stereocenters. The Morgan fingerprint density at radius 1 is 1.09 bits per heavy atom. The molecule has 0 bridgehead atoms. The van der Waals surface area contributed by atoms with E-state index in [9.17, 15) is 14.0 Å². The molecule has 0 radical (unpaired) electrons. The van der Waals surface area contributed by atoms with Crippen LogP contribution >= 0.6 is 0 Å². The molecule has 2 N–H and O–H groups in total. The standard InChI is InChI=1S/C17H23FN2O3/c18-14-9-5-6-10-15(14)20-17(22)16(21)19-11-12-23-13-7-3-1-2-4-8-13/h5-6,9-10,13H,1-4,7-8,11-12H2,(H,19,21)(H,20,22). The van der Waals surface area contributed by atoms with Gasteiger partial charge >= 0.3 is 11.8 Å². The van der Waals surface area contributed by atoms with Gasteiger partial charge in [0.05, 0.1) is 18.4 Å². The van der Waals surface area contributed by atoms with Crippen LogP contribution in [0, 0.1) is 5.82 Å². The number of benzene rings is 1. The van der Waals surface area contributed by atoms with Crippen molar-refractivity contribution in [2.24, 2.45) is 0 Å². The highest BCUT2D eigenvalue weighted by atomic mass is 19.1. The van der Waals surface area contributed by atoms with Gasteiger partial charge in [0.2, 0.25) is 0 Å². The molecule has 6 heteroatoms. The summed E-state index contributed by atoms with van der Waals surface area (Å²) in [7, 11) is 0. The van der Waals surface area contributed by atoms with Crippen molar-refractivity contribution in [2.75, 3.05) is 18.5 Å². The number of anilines is 1. The maximum atomic E-state index is 13.4. The lowest BCUT2D eigenvalue weighted by molar-refractivity contribution is -0.136. The summed E-state index contributed by atoms with van der Waals surface area (Å²) in [4.78, 5) is 23.3. The summed E-state index contributed by atoms with van der Waals surface area (Å²) in [6.07, 6.45) is 7.24. The van der Waals surface area contributed by atoms with Crippen LogP contribution in [-0.2, 0) is 14.3 Å². The summed E-state index contributed by atoms with van der Waals surface area (Å²) < 4.78 is 19.1. The number of halogens is 1. The van der Waals surface area contributed by atoms with Gasteiger partial charge < -0.3 is 15.4 Å². The van der Waals surface area contributed by atoms with Gasteiger partial charge in [-0.1, -0.05) is 37.8 Å². The maximum absolute atomic E-state index is 13.4. The number of hydrogen-bond acceptors (Lipinski definition) is 3. The van der Waals surface area contributed by atoms with E-state index in [1.165, 1.54) is 43.9 Å². The number of hydrogen-bond donors (Lipinski definition) is 2. The predicted molar refractivity (Wildman–Crippen MR) is 85.5 cm³/mol. The van der Waals surface area contributed by atoms with Gasteiger partial charge in [-0.05, 0) is 25.0 Å². The topological polar surface area (TPSA) is 67.4 Å². The van der Waals surface area contributed by atoms with E-state index in [-0.39, 0.29) is 18.3 Å². The lowest BCUT2D eigenvalue weighted by Crippen LogP contribution is -2.37. The van der Waals surface area contributed by atoms with Crippen molar-refractivity contribution in [3.05, 3.63) is 30.1 Å². The van der Waals surface area contributed by atoms with Crippen LogP contribution in [0.15, 0.2) is 24.3 Å². The van der Waals surface area contributed by atoms with Gasteiger partial charge in [-0.25, -0.2) is 4.39 Å². The summed E-state index contributed by atoms with van der Waals surface area (Å²) in [6, 6.07) is 5.71. The molecule has 0 heterocycles. The van der Waals surface area contributed by atoms with Crippen molar-refractivity contribution in [1.82, 2.24) is 5.32 Å². The first-order valence-electron chi connectivity index (χ1n) is 8.12. The molecule has 1 aromatic carbocycles. The van der Waals surface area contributed by atoms with Gasteiger partial charge in [0.15, 0.2) is 0 Å². The van der Waals surface area contributed by atoms with Crippen LogP contribution < -0.4 is 10.6 Å². The Morgan fingerprint density at radius 3 is 2.48 bits per heavy atom. The van der Waals surface area contributed by atoms with Crippen LogP contribution in [0.3, 0.4) is 0 Å². The molecule has 1 aromatic rings. The fraction of sp³-hybridized carbons (Fsp3) is 0.529. The molecule has 23 heavy (non-hydrogen) atoms. The largest absolute Gasteiger partial charge is 0.376 e. The molecule has 2 rings (SSSR count). The van der Waals surface area contributed by atoms with Crippen LogP contribution in [0.2, 0.25) is 0 Å². The van der Waals surface area contributed by atoms with Crippen molar-refractivity contribution >= 4 is 17.5 Å². The van der Waals surface area contributed by atoms with Gasteiger partial charge in [0, 0.05) is 6.54 Å². The molecule has 1 fully saturated rings. The number of para-hydroxylation sites is 1. The third kappa shape index (κ3) is 5.98. The van der Waals surface area contributed by atoms with E-state index in [1.807, 2.05) is 0 Å². The maximum Gasteiger partial charge on any atom is 0.313 e. The Balaban J connectivity index is 1.66. The van der Waals surface area contributed by atoms with E-state index in [2.05, 4.69) is 10.6 Å². The Morgan fingerprint density at radius 2 is 1.78 bits per heavy atom. The fourth-order valence-electron chi connectivity index (χ4n) is 2.62. The molecular formula is C17H23FN2O3. The number of amides is 2. The van der Waals surface area contributed by atoms with Crippen LogP contribution in [0.5, 0.6) is 0 Å². The molecule has 0 spiro atoms. The number of nitrogens with one attached hydrogen (secondary N) is 2. The van der Waals surface area contributed by atoms with E-state index in [1.54, 1.807) is 6.07 Å². The first-order chi connectivity index (χ1) is 11.2. The number of ether oxygens (including phenoxy) is 1. The second kappa shape index (κ2) is 9.25. The van der Waals surface area contributed by atoms with Crippen LogP contribution in [-0.4, -0.2) is 31.1 Å². The quantitative estimate of drug-likeness (QED) is 0.497. The lowest BCUT2D eigenvalue weighted by atomic mass is 10.1. The molecule has 0 unspecified atom stereocenters. The zero-order chi connectivity index (χ0) is 16.5. The molecule has 0 aromatic heterocycles. The number of rotatable bonds is 5. The van der Waals surface area contributed by atoms with Crippen molar-refractivity contribution in [3.63, 3.8) is 0 Å². The molecule has 0 saturated heterocycles. The first kappa shape index (κ1) is 17.4. The molecule has 126 valence electrons. The third-order valence-corrected chi connectivity index (χ3v) is 3.87. The van der Waals surface area contributed by atoms with E-state index >= 15 is 0 Å². The molecular weight excluding hydrogens is 299 g/mol. The second-order valence-corrected chi connectivity index (χ2v) is 5.67. The highest BCUT2D eigenvalue weighted by Crippen LogP contribution is 2.19. The van der Waals surface area contributed by atoms with Crippen molar-refractivity contribution in [2.45, 2.75) is 44.6 Å². The van der Waals surface area contributed by atoms with E-state index in [4.69, 9.17) is 4.74 Å². The highest BCUT2D eigenvalue weighted by molar-refractivity contribution is 6.39. The van der Waals surface area contributed by atoms with Crippen molar-refractivity contribution in [1.29, 1.82) is 0 Å². The zero-order valence-electron chi connectivity index (χ0n) is 13.1. The Hall–Kier alpha value is -1.95. The van der Waals surface area contributed by atoms with Gasteiger partial charge in [0.25, 0.3) is 0 Å². The fourth-order valence-corrected chi connectivity index (χ4v) is 2.62. The molecule has 5 nitrogen and oxygen atoms in total. The van der Waals surface area contributed by atoms with Crippen molar-refractivity contribution in [3.8, 4) is 0 Å². The molecule has 0 aliphatic heterocycles. The average molecular weight is 322 g/mol. The summed E-state index contributed by atoms with van der Waals surface area (Å²) in [5.41, 5.74) is -0.0117. The summed E-state index contributed by atoms with van der Waals surface area (Å²) in [6.45, 7) is 0.642. The minimum atomic E-state index is -0.885. The highest BCUT2D eigenvalue weighted by Gasteiger charge is 2.16. The van der Waals surface area contributed by atoms with Crippen molar-refractivity contribution < 1.29 is 18.7 Å². The van der Waals surface area contributed by atoms with Gasteiger partial charge in [-0.3, -0.25) is 9.59 Å². The molecule has 2 amide bonds. The van der Waals surface area contributed by atoms with Crippen LogP contribution in [0.25, 0.3) is 0 Å². The van der Waals surface area contributed by atoms with E-state index in [0.717, 1.165) is 12.8 Å². The molecule has 1 aliphatic rings. The predicted octanol–water partition coefficient (Wildman–Crippen LogP) is 2.62. The Labute approximate surface area is 135 Å².